The average molecular weight is 305 g/mol. The van der Waals surface area contributed by atoms with E-state index in [0.29, 0.717) is 6.61 Å². The predicted octanol–water partition coefficient (Wildman–Crippen LogP) is 2.30. The van der Waals surface area contributed by atoms with E-state index in [-0.39, 0.29) is 18.5 Å². The lowest BCUT2D eigenvalue weighted by atomic mass is 10.1. The van der Waals surface area contributed by atoms with Gasteiger partial charge in [-0.1, -0.05) is 37.3 Å². The molecule has 0 saturated heterocycles. The molecule has 1 N–H and O–H groups in total. The Morgan fingerprint density at radius 2 is 1.91 bits per heavy atom. The van der Waals surface area contributed by atoms with E-state index in [2.05, 4.69) is 0 Å². The van der Waals surface area contributed by atoms with Gasteiger partial charge in [0.2, 0.25) is 0 Å². The normalized spacial score (nSPS) is 16.8. The first kappa shape index (κ1) is 16.5. The van der Waals surface area contributed by atoms with Crippen LogP contribution in [0.4, 0.5) is 0 Å². The van der Waals surface area contributed by atoms with Gasteiger partial charge in [-0.05, 0) is 25.3 Å². The summed E-state index contributed by atoms with van der Waals surface area (Å²) in [7, 11) is 0. The van der Waals surface area contributed by atoms with E-state index in [9.17, 15) is 9.59 Å². The standard InChI is InChI=1S/C17H23NO4/c1-12(17(20)21)10-18(15-8-9-15)16(19)13(2)22-11-14-6-4-3-5-7-14/h3-7,12-13,15H,8-11H2,1-2H3,(H,20,21). The fraction of sp³-hybridized carbons (Fsp3) is 0.529. The first-order valence-electron chi connectivity index (χ1n) is 7.68. The van der Waals surface area contributed by atoms with Gasteiger partial charge in [0.05, 0.1) is 12.5 Å². The maximum absolute atomic E-state index is 12.5. The fourth-order valence-corrected chi connectivity index (χ4v) is 2.28. The average Bonchev–Trinajstić information content (AvgIpc) is 3.35. The lowest BCUT2D eigenvalue weighted by Crippen LogP contribution is -2.44. The third-order valence-corrected chi connectivity index (χ3v) is 3.85. The number of rotatable bonds is 8. The molecule has 2 rings (SSSR count). The van der Waals surface area contributed by atoms with Gasteiger partial charge in [0, 0.05) is 12.6 Å². The lowest BCUT2D eigenvalue weighted by molar-refractivity contribution is -0.148. The molecule has 1 saturated carbocycles. The highest BCUT2D eigenvalue weighted by molar-refractivity contribution is 5.82. The molecule has 1 aliphatic carbocycles. The van der Waals surface area contributed by atoms with Crippen LogP contribution in [0.25, 0.3) is 0 Å². The molecule has 0 radical (unpaired) electrons. The molecule has 0 aliphatic heterocycles. The van der Waals surface area contributed by atoms with Crippen molar-refractivity contribution in [3.05, 3.63) is 35.9 Å². The van der Waals surface area contributed by atoms with E-state index in [1.807, 2.05) is 30.3 Å². The van der Waals surface area contributed by atoms with Crippen molar-refractivity contribution < 1.29 is 19.4 Å². The molecule has 1 aromatic carbocycles. The molecule has 0 aromatic heterocycles. The van der Waals surface area contributed by atoms with E-state index < -0.39 is 18.0 Å². The van der Waals surface area contributed by atoms with Gasteiger partial charge in [0.1, 0.15) is 6.10 Å². The molecule has 0 bridgehead atoms. The first-order valence-corrected chi connectivity index (χ1v) is 7.68. The summed E-state index contributed by atoms with van der Waals surface area (Å²) in [6, 6.07) is 9.86. The zero-order chi connectivity index (χ0) is 16.1. The van der Waals surface area contributed by atoms with Crippen molar-refractivity contribution in [2.24, 2.45) is 5.92 Å². The summed E-state index contributed by atoms with van der Waals surface area (Å²) < 4.78 is 5.65. The summed E-state index contributed by atoms with van der Waals surface area (Å²) in [5, 5.41) is 9.04. The van der Waals surface area contributed by atoms with Crippen LogP contribution in [-0.4, -0.2) is 40.6 Å². The third kappa shape index (κ3) is 4.56. The smallest absolute Gasteiger partial charge is 0.308 e. The third-order valence-electron chi connectivity index (χ3n) is 3.85. The van der Waals surface area contributed by atoms with Gasteiger partial charge in [-0.3, -0.25) is 9.59 Å². The van der Waals surface area contributed by atoms with Crippen LogP contribution in [0.2, 0.25) is 0 Å². The zero-order valence-electron chi connectivity index (χ0n) is 13.1. The Labute approximate surface area is 130 Å². The highest BCUT2D eigenvalue weighted by Crippen LogP contribution is 2.28. The molecule has 22 heavy (non-hydrogen) atoms. The van der Waals surface area contributed by atoms with Crippen LogP contribution in [0.15, 0.2) is 30.3 Å². The number of aliphatic carboxylic acids is 1. The van der Waals surface area contributed by atoms with Crippen molar-refractivity contribution in [2.75, 3.05) is 6.54 Å². The Kier molecular flexibility index (Phi) is 5.55. The summed E-state index contributed by atoms with van der Waals surface area (Å²) in [5.41, 5.74) is 1.01. The molecular weight excluding hydrogens is 282 g/mol. The van der Waals surface area contributed by atoms with E-state index in [1.165, 1.54) is 0 Å². The highest BCUT2D eigenvalue weighted by Gasteiger charge is 2.36. The van der Waals surface area contributed by atoms with Crippen LogP contribution >= 0.6 is 0 Å². The van der Waals surface area contributed by atoms with Gasteiger partial charge in [-0.15, -0.1) is 0 Å². The number of carbonyl (C=O) groups excluding carboxylic acids is 1. The molecule has 0 spiro atoms. The Hall–Kier alpha value is -1.88. The van der Waals surface area contributed by atoms with Crippen molar-refractivity contribution in [3.8, 4) is 0 Å². The molecule has 2 unspecified atom stereocenters. The van der Waals surface area contributed by atoms with Gasteiger partial charge in [0.25, 0.3) is 5.91 Å². The molecule has 1 aliphatic rings. The first-order chi connectivity index (χ1) is 10.5. The Morgan fingerprint density at radius 1 is 1.27 bits per heavy atom. The number of hydrogen-bond acceptors (Lipinski definition) is 3. The number of carbonyl (C=O) groups is 2. The number of carboxylic acids is 1. The summed E-state index contributed by atoms with van der Waals surface area (Å²) in [6.07, 6.45) is 1.33. The topological polar surface area (TPSA) is 66.8 Å². The minimum Gasteiger partial charge on any atom is -0.481 e. The zero-order valence-corrected chi connectivity index (χ0v) is 13.1. The second-order valence-electron chi connectivity index (χ2n) is 5.90. The Balaban J connectivity index is 1.90. The lowest BCUT2D eigenvalue weighted by Gasteiger charge is -2.27. The van der Waals surface area contributed by atoms with Gasteiger partial charge < -0.3 is 14.7 Å². The molecule has 1 fully saturated rings. The molecule has 2 atom stereocenters. The highest BCUT2D eigenvalue weighted by atomic mass is 16.5. The van der Waals surface area contributed by atoms with Crippen LogP contribution in [0, 0.1) is 5.92 Å². The van der Waals surface area contributed by atoms with E-state index in [4.69, 9.17) is 9.84 Å². The van der Waals surface area contributed by atoms with Gasteiger partial charge >= 0.3 is 5.97 Å². The summed E-state index contributed by atoms with van der Waals surface area (Å²) in [5.74, 6) is -1.56. The van der Waals surface area contributed by atoms with Crippen LogP contribution in [0.1, 0.15) is 32.3 Å². The fourth-order valence-electron chi connectivity index (χ4n) is 2.28. The second kappa shape index (κ2) is 7.40. The number of carboxylic acid groups (broad SMARTS) is 1. The largest absolute Gasteiger partial charge is 0.481 e. The Morgan fingerprint density at radius 3 is 2.45 bits per heavy atom. The van der Waals surface area contributed by atoms with Crippen molar-refractivity contribution >= 4 is 11.9 Å². The monoisotopic (exact) mass is 305 g/mol. The molecule has 0 heterocycles. The Bertz CT molecular complexity index is 513. The minimum atomic E-state index is -0.878. The molecule has 5 heteroatoms. The minimum absolute atomic E-state index is 0.119. The molecule has 1 aromatic rings. The second-order valence-corrected chi connectivity index (χ2v) is 5.90. The van der Waals surface area contributed by atoms with Crippen LogP contribution in [-0.2, 0) is 20.9 Å². The molecular formula is C17H23NO4. The number of benzene rings is 1. The van der Waals surface area contributed by atoms with Crippen molar-refractivity contribution in [1.82, 2.24) is 4.90 Å². The predicted molar refractivity (Wildman–Crippen MR) is 82.2 cm³/mol. The number of nitrogens with zero attached hydrogens (tertiary/aromatic N) is 1. The van der Waals surface area contributed by atoms with Crippen LogP contribution in [0.3, 0.4) is 0 Å². The van der Waals surface area contributed by atoms with E-state index >= 15 is 0 Å². The van der Waals surface area contributed by atoms with Crippen molar-refractivity contribution in [2.45, 2.75) is 45.4 Å². The van der Waals surface area contributed by atoms with E-state index in [1.54, 1.807) is 18.7 Å². The summed E-state index contributed by atoms with van der Waals surface area (Å²) >= 11 is 0. The summed E-state index contributed by atoms with van der Waals surface area (Å²) in [4.78, 5) is 25.2. The van der Waals surface area contributed by atoms with Crippen molar-refractivity contribution in [1.29, 1.82) is 0 Å². The van der Waals surface area contributed by atoms with Gasteiger partial charge in [-0.2, -0.15) is 0 Å². The SMILES string of the molecule is CC(CN(C(=O)C(C)OCc1ccccc1)C1CC1)C(=O)O. The van der Waals surface area contributed by atoms with Crippen molar-refractivity contribution in [3.63, 3.8) is 0 Å². The number of ether oxygens (including phenoxy) is 1. The maximum atomic E-state index is 12.5. The van der Waals surface area contributed by atoms with Crippen LogP contribution in [0.5, 0.6) is 0 Å². The molecule has 5 nitrogen and oxygen atoms in total. The maximum Gasteiger partial charge on any atom is 0.308 e. The molecule has 1 amide bonds. The van der Waals surface area contributed by atoms with E-state index in [0.717, 1.165) is 18.4 Å². The molecule has 120 valence electrons. The number of hydrogen-bond donors (Lipinski definition) is 1. The quantitative estimate of drug-likeness (QED) is 0.800. The number of amides is 1. The summed E-state index contributed by atoms with van der Waals surface area (Å²) in [6.45, 7) is 3.98. The van der Waals surface area contributed by atoms with Crippen LogP contribution < -0.4 is 0 Å². The van der Waals surface area contributed by atoms with Gasteiger partial charge in [0.15, 0.2) is 0 Å². The van der Waals surface area contributed by atoms with Gasteiger partial charge in [-0.25, -0.2) is 0 Å².